The summed E-state index contributed by atoms with van der Waals surface area (Å²) in [5.74, 6) is 1.31. The minimum Gasteiger partial charge on any atom is -0.501 e. The van der Waals surface area contributed by atoms with Crippen LogP contribution in [0.15, 0.2) is 57.9 Å². The maximum Gasteiger partial charge on any atom is 0.227 e. The predicted octanol–water partition coefficient (Wildman–Crippen LogP) is 3.73. The zero-order chi connectivity index (χ0) is 19.8. The van der Waals surface area contributed by atoms with E-state index in [1.807, 2.05) is 54.2 Å². The zero-order valence-corrected chi connectivity index (χ0v) is 15.7. The molecule has 0 spiro atoms. The number of aromatic nitrogens is 3. The number of ether oxygens (including phenoxy) is 1. The van der Waals surface area contributed by atoms with Gasteiger partial charge in [-0.1, -0.05) is 0 Å². The standard InChI is InChI=1S/C21H19N3O4/c1-12-11-16(25)19(26)20(28-12)18-17(13-6-8-14(27-3)9-7-13)22-21(23-18)15-5-4-10-24(15)2/h4-11,26H,1-3H3,(H,22,23). The summed E-state index contributed by atoms with van der Waals surface area (Å²) in [7, 11) is 3.51. The van der Waals surface area contributed by atoms with Crippen LogP contribution in [0.3, 0.4) is 0 Å². The first kappa shape index (κ1) is 17.7. The summed E-state index contributed by atoms with van der Waals surface area (Å²) >= 11 is 0. The molecule has 1 aromatic carbocycles. The number of nitrogens with zero attached hydrogens (tertiary/aromatic N) is 2. The molecule has 0 aliphatic rings. The molecule has 0 unspecified atom stereocenters. The van der Waals surface area contributed by atoms with E-state index in [-0.39, 0.29) is 5.76 Å². The van der Waals surface area contributed by atoms with Crippen molar-refractivity contribution in [2.24, 2.45) is 7.05 Å². The van der Waals surface area contributed by atoms with Gasteiger partial charge in [-0.05, 0) is 43.3 Å². The Hall–Kier alpha value is -3.74. The molecule has 3 aromatic heterocycles. The number of hydrogen-bond acceptors (Lipinski definition) is 5. The number of imidazole rings is 1. The predicted molar refractivity (Wildman–Crippen MR) is 105 cm³/mol. The minimum atomic E-state index is -0.505. The highest BCUT2D eigenvalue weighted by molar-refractivity contribution is 5.81. The summed E-state index contributed by atoms with van der Waals surface area (Å²) in [4.78, 5) is 20.0. The molecule has 28 heavy (non-hydrogen) atoms. The molecule has 0 aliphatic heterocycles. The summed E-state index contributed by atoms with van der Waals surface area (Å²) in [6.45, 7) is 1.66. The van der Waals surface area contributed by atoms with Gasteiger partial charge in [-0.25, -0.2) is 4.98 Å². The Labute approximate surface area is 160 Å². The Bertz CT molecular complexity index is 1200. The SMILES string of the molecule is COc1ccc(-c2nc(-c3cccn3C)[nH]c2-c2oc(C)cc(=O)c2O)cc1. The molecule has 0 fully saturated rings. The average Bonchev–Trinajstić information content (AvgIpc) is 3.31. The molecule has 3 heterocycles. The van der Waals surface area contributed by atoms with Gasteiger partial charge < -0.3 is 23.8 Å². The molecule has 0 saturated heterocycles. The quantitative estimate of drug-likeness (QED) is 0.565. The fourth-order valence-corrected chi connectivity index (χ4v) is 3.10. The van der Waals surface area contributed by atoms with Crippen LogP contribution in [0, 0.1) is 6.92 Å². The van der Waals surface area contributed by atoms with Crippen LogP contribution in [0.25, 0.3) is 34.2 Å². The number of nitrogens with one attached hydrogen (secondary N) is 1. The first-order valence-electron chi connectivity index (χ1n) is 8.68. The molecule has 0 aliphatic carbocycles. The molecule has 2 N–H and O–H groups in total. The average molecular weight is 377 g/mol. The van der Waals surface area contributed by atoms with Gasteiger partial charge in [0.2, 0.25) is 11.2 Å². The van der Waals surface area contributed by atoms with E-state index in [2.05, 4.69) is 4.98 Å². The monoisotopic (exact) mass is 377 g/mol. The van der Waals surface area contributed by atoms with Gasteiger partial charge in [0.25, 0.3) is 0 Å². The Morgan fingerprint density at radius 1 is 1.21 bits per heavy atom. The van der Waals surface area contributed by atoms with Crippen molar-refractivity contribution in [3.63, 3.8) is 0 Å². The minimum absolute atomic E-state index is 0.0591. The maximum atomic E-state index is 12.1. The van der Waals surface area contributed by atoms with E-state index in [0.717, 1.165) is 11.3 Å². The summed E-state index contributed by atoms with van der Waals surface area (Å²) < 4.78 is 12.8. The highest BCUT2D eigenvalue weighted by Crippen LogP contribution is 2.36. The van der Waals surface area contributed by atoms with E-state index in [4.69, 9.17) is 14.1 Å². The van der Waals surface area contributed by atoms with Gasteiger partial charge >= 0.3 is 0 Å². The summed E-state index contributed by atoms with van der Waals surface area (Å²) in [5, 5.41) is 10.3. The number of aryl methyl sites for hydroxylation is 2. The largest absolute Gasteiger partial charge is 0.501 e. The van der Waals surface area contributed by atoms with Crippen molar-refractivity contribution in [3.05, 3.63) is 64.6 Å². The smallest absolute Gasteiger partial charge is 0.227 e. The molecule has 4 rings (SSSR count). The number of rotatable bonds is 4. The van der Waals surface area contributed by atoms with E-state index < -0.39 is 11.2 Å². The second-order valence-electron chi connectivity index (χ2n) is 6.44. The molecule has 0 saturated carbocycles. The van der Waals surface area contributed by atoms with Crippen LogP contribution in [-0.4, -0.2) is 26.8 Å². The van der Waals surface area contributed by atoms with Crippen molar-refractivity contribution >= 4 is 0 Å². The van der Waals surface area contributed by atoms with Crippen LogP contribution in [0.1, 0.15) is 5.76 Å². The number of benzene rings is 1. The zero-order valence-electron chi connectivity index (χ0n) is 15.7. The van der Waals surface area contributed by atoms with Crippen molar-refractivity contribution < 1.29 is 14.3 Å². The Morgan fingerprint density at radius 3 is 2.61 bits per heavy atom. The van der Waals surface area contributed by atoms with Gasteiger partial charge in [0.05, 0.1) is 12.8 Å². The normalized spacial score (nSPS) is 11.0. The Kier molecular flexibility index (Phi) is 4.27. The lowest BCUT2D eigenvalue weighted by molar-refractivity contribution is 0.415. The number of H-pyrrole nitrogens is 1. The number of methoxy groups -OCH3 is 1. The lowest BCUT2D eigenvalue weighted by Crippen LogP contribution is -2.01. The molecular formula is C21H19N3O4. The Balaban J connectivity index is 1.97. The molecule has 0 bridgehead atoms. The van der Waals surface area contributed by atoms with E-state index in [1.54, 1.807) is 14.0 Å². The van der Waals surface area contributed by atoms with Crippen LogP contribution in [0.5, 0.6) is 11.5 Å². The highest BCUT2D eigenvalue weighted by Gasteiger charge is 2.22. The molecule has 0 atom stereocenters. The van der Waals surface area contributed by atoms with E-state index in [0.29, 0.717) is 28.7 Å². The van der Waals surface area contributed by atoms with Crippen LogP contribution < -0.4 is 10.2 Å². The third kappa shape index (κ3) is 2.96. The first-order valence-corrected chi connectivity index (χ1v) is 8.68. The van der Waals surface area contributed by atoms with Crippen LogP contribution in [-0.2, 0) is 7.05 Å². The lowest BCUT2D eigenvalue weighted by atomic mass is 10.1. The van der Waals surface area contributed by atoms with E-state index in [1.165, 1.54) is 6.07 Å². The second-order valence-corrected chi connectivity index (χ2v) is 6.44. The molecule has 0 radical (unpaired) electrons. The van der Waals surface area contributed by atoms with E-state index in [9.17, 15) is 9.90 Å². The molecule has 7 heteroatoms. The third-order valence-corrected chi connectivity index (χ3v) is 4.53. The fraction of sp³-hybridized carbons (Fsp3) is 0.143. The topological polar surface area (TPSA) is 93.3 Å². The maximum absolute atomic E-state index is 12.1. The molecular weight excluding hydrogens is 358 g/mol. The second kappa shape index (κ2) is 6.77. The first-order chi connectivity index (χ1) is 13.5. The summed E-state index contributed by atoms with van der Waals surface area (Å²) in [6.07, 6.45) is 1.91. The molecule has 0 amide bonds. The van der Waals surface area contributed by atoms with Crippen molar-refractivity contribution in [1.82, 2.24) is 14.5 Å². The summed E-state index contributed by atoms with van der Waals surface area (Å²) in [5.41, 5.74) is 2.13. The van der Waals surface area contributed by atoms with Crippen molar-refractivity contribution in [3.8, 4) is 45.7 Å². The molecule has 7 nitrogen and oxygen atoms in total. The van der Waals surface area contributed by atoms with Gasteiger partial charge in [-0.3, -0.25) is 4.79 Å². The van der Waals surface area contributed by atoms with Crippen molar-refractivity contribution in [2.75, 3.05) is 7.11 Å². The van der Waals surface area contributed by atoms with Gasteiger partial charge in [-0.15, -0.1) is 0 Å². The van der Waals surface area contributed by atoms with Crippen LogP contribution >= 0.6 is 0 Å². The van der Waals surface area contributed by atoms with Gasteiger partial charge in [0.15, 0.2) is 11.6 Å². The summed E-state index contributed by atoms with van der Waals surface area (Å²) in [6, 6.07) is 12.4. The number of aromatic amines is 1. The van der Waals surface area contributed by atoms with Crippen LogP contribution in [0.4, 0.5) is 0 Å². The van der Waals surface area contributed by atoms with Gasteiger partial charge in [-0.2, -0.15) is 0 Å². The molecule has 4 aromatic rings. The van der Waals surface area contributed by atoms with E-state index >= 15 is 0 Å². The highest BCUT2D eigenvalue weighted by atomic mass is 16.5. The van der Waals surface area contributed by atoms with Gasteiger partial charge in [0, 0.05) is 24.9 Å². The number of aromatic hydroxyl groups is 1. The van der Waals surface area contributed by atoms with Crippen molar-refractivity contribution in [2.45, 2.75) is 6.92 Å². The number of hydrogen-bond donors (Lipinski definition) is 2. The van der Waals surface area contributed by atoms with Gasteiger partial charge in [0.1, 0.15) is 22.9 Å². The Morgan fingerprint density at radius 2 is 1.96 bits per heavy atom. The fourth-order valence-electron chi connectivity index (χ4n) is 3.10. The third-order valence-electron chi connectivity index (χ3n) is 4.53. The molecule has 142 valence electrons. The lowest BCUT2D eigenvalue weighted by Gasteiger charge is -2.06. The van der Waals surface area contributed by atoms with Crippen molar-refractivity contribution in [1.29, 1.82) is 0 Å². The van der Waals surface area contributed by atoms with Crippen LogP contribution in [0.2, 0.25) is 0 Å².